The summed E-state index contributed by atoms with van der Waals surface area (Å²) in [6.45, 7) is 4.82. The van der Waals surface area contributed by atoms with Crippen molar-refractivity contribution in [1.82, 2.24) is 9.27 Å². The van der Waals surface area contributed by atoms with E-state index >= 15 is 0 Å². The van der Waals surface area contributed by atoms with E-state index in [1.807, 2.05) is 13.8 Å². The molecule has 1 rings (SSSR count). The molecular weight excluding hydrogens is 212 g/mol. The summed E-state index contributed by atoms with van der Waals surface area (Å²) in [4.78, 5) is 13.1. The lowest BCUT2D eigenvalue weighted by atomic mass is 10.3. The summed E-state index contributed by atoms with van der Waals surface area (Å²) in [6.07, 6.45) is 0. The van der Waals surface area contributed by atoms with Crippen LogP contribution in [0.3, 0.4) is 0 Å². The van der Waals surface area contributed by atoms with Gasteiger partial charge in [-0.2, -0.15) is 4.37 Å². The van der Waals surface area contributed by atoms with Crippen LogP contribution in [0.5, 0.6) is 0 Å². The summed E-state index contributed by atoms with van der Waals surface area (Å²) in [6, 6.07) is 0. The molecule has 3 N–H and O–H groups in total. The van der Waals surface area contributed by atoms with Crippen molar-refractivity contribution in [3.05, 3.63) is 5.56 Å². The van der Waals surface area contributed by atoms with Crippen molar-refractivity contribution in [2.45, 2.75) is 13.8 Å². The quantitative estimate of drug-likeness (QED) is 0.804. The van der Waals surface area contributed by atoms with E-state index in [0.717, 1.165) is 10.6 Å². The number of nitrogens with one attached hydrogen (secondary N) is 1. The highest BCUT2D eigenvalue weighted by atomic mass is 32.1. The Bertz CT molecular complexity index is 350. The third kappa shape index (κ3) is 2.82. The number of nitrogens with zero attached hydrogens (tertiary/aromatic N) is 2. The molecule has 0 aliphatic carbocycles. The first-order chi connectivity index (χ1) is 7.06. The number of hydrogen-bond donors (Lipinski definition) is 2. The molecule has 1 aromatic heterocycles. The molecule has 0 bridgehead atoms. The number of carbonyl (C=O) groups is 1. The Balaban J connectivity index is 2.51. The lowest BCUT2D eigenvalue weighted by molar-refractivity contribution is -0.127. The molecule has 1 amide bonds. The summed E-state index contributed by atoms with van der Waals surface area (Å²) in [5.41, 5.74) is 6.51. The normalized spacial score (nSPS) is 10.1. The molecule has 0 fully saturated rings. The zero-order chi connectivity index (χ0) is 11.4. The van der Waals surface area contributed by atoms with Crippen LogP contribution in [0.15, 0.2) is 0 Å². The van der Waals surface area contributed by atoms with Crippen molar-refractivity contribution in [2.24, 2.45) is 0 Å². The topological polar surface area (TPSA) is 71.2 Å². The highest BCUT2D eigenvalue weighted by Crippen LogP contribution is 2.24. The van der Waals surface area contributed by atoms with Crippen LogP contribution in [0, 0.1) is 6.92 Å². The van der Waals surface area contributed by atoms with Crippen molar-refractivity contribution in [3.63, 3.8) is 0 Å². The van der Waals surface area contributed by atoms with Crippen molar-refractivity contribution in [3.8, 4) is 0 Å². The van der Waals surface area contributed by atoms with Crippen molar-refractivity contribution in [1.29, 1.82) is 0 Å². The fourth-order valence-electron chi connectivity index (χ4n) is 0.980. The van der Waals surface area contributed by atoms with Crippen LogP contribution < -0.4 is 11.1 Å². The Morgan fingerprint density at radius 1 is 1.67 bits per heavy atom. The first-order valence-electron chi connectivity index (χ1n) is 4.75. The Kier molecular flexibility index (Phi) is 3.90. The van der Waals surface area contributed by atoms with E-state index in [9.17, 15) is 4.79 Å². The van der Waals surface area contributed by atoms with Crippen LogP contribution in [0.1, 0.15) is 12.5 Å². The molecule has 1 aromatic rings. The van der Waals surface area contributed by atoms with Gasteiger partial charge in [-0.15, -0.1) is 0 Å². The SMILES string of the molecule is CCN(C)C(=O)CNc1snc(N)c1C. The molecule has 0 aliphatic heterocycles. The van der Waals surface area contributed by atoms with E-state index in [-0.39, 0.29) is 12.5 Å². The Labute approximate surface area is 93.4 Å². The van der Waals surface area contributed by atoms with Gasteiger partial charge >= 0.3 is 0 Å². The molecule has 84 valence electrons. The van der Waals surface area contributed by atoms with E-state index in [1.165, 1.54) is 11.5 Å². The van der Waals surface area contributed by atoms with E-state index in [1.54, 1.807) is 11.9 Å². The molecule has 0 radical (unpaired) electrons. The number of nitrogens with two attached hydrogens (primary N) is 1. The van der Waals surface area contributed by atoms with Crippen molar-refractivity contribution < 1.29 is 4.79 Å². The monoisotopic (exact) mass is 228 g/mol. The third-order valence-electron chi connectivity index (χ3n) is 2.26. The number of carbonyl (C=O) groups excluding carboxylic acids is 1. The Hall–Kier alpha value is -1.30. The number of likely N-dealkylation sites (N-methyl/N-ethyl adjacent to an activating group) is 1. The van der Waals surface area contributed by atoms with Crippen molar-refractivity contribution in [2.75, 3.05) is 31.2 Å². The van der Waals surface area contributed by atoms with E-state index < -0.39 is 0 Å². The van der Waals surface area contributed by atoms with Gasteiger partial charge in [0, 0.05) is 19.2 Å². The fourth-order valence-corrected chi connectivity index (χ4v) is 1.68. The largest absolute Gasteiger partial charge is 0.383 e. The molecule has 15 heavy (non-hydrogen) atoms. The van der Waals surface area contributed by atoms with Gasteiger partial charge in [0.2, 0.25) is 5.91 Å². The van der Waals surface area contributed by atoms with Crippen LogP contribution in [0.25, 0.3) is 0 Å². The Morgan fingerprint density at radius 2 is 2.33 bits per heavy atom. The highest BCUT2D eigenvalue weighted by Gasteiger charge is 2.09. The number of anilines is 2. The predicted molar refractivity (Wildman–Crippen MR) is 63.1 cm³/mol. The predicted octanol–water partition coefficient (Wildman–Crippen LogP) is 0.924. The zero-order valence-corrected chi connectivity index (χ0v) is 10.0. The summed E-state index contributed by atoms with van der Waals surface area (Å²) < 4.78 is 3.99. The third-order valence-corrected chi connectivity index (χ3v) is 3.18. The average molecular weight is 228 g/mol. The molecule has 5 nitrogen and oxygen atoms in total. The van der Waals surface area contributed by atoms with Gasteiger partial charge in [0.1, 0.15) is 10.8 Å². The number of amides is 1. The van der Waals surface area contributed by atoms with Gasteiger partial charge in [-0.05, 0) is 25.4 Å². The molecule has 0 aromatic carbocycles. The number of hydrogen-bond acceptors (Lipinski definition) is 5. The summed E-state index contributed by atoms with van der Waals surface area (Å²) >= 11 is 1.28. The van der Waals surface area contributed by atoms with Crippen LogP contribution in [0.4, 0.5) is 10.8 Å². The molecule has 0 saturated carbocycles. The summed E-state index contributed by atoms with van der Waals surface area (Å²) in [7, 11) is 1.78. The highest BCUT2D eigenvalue weighted by molar-refractivity contribution is 7.10. The van der Waals surface area contributed by atoms with Gasteiger partial charge in [-0.3, -0.25) is 4.79 Å². The maximum Gasteiger partial charge on any atom is 0.241 e. The second kappa shape index (κ2) is 4.97. The molecular formula is C9H16N4OS. The molecule has 0 saturated heterocycles. The number of aromatic nitrogens is 1. The minimum absolute atomic E-state index is 0.0591. The van der Waals surface area contributed by atoms with Gasteiger partial charge < -0.3 is 16.0 Å². The standard InChI is InChI=1S/C9H16N4OS/c1-4-13(3)7(14)5-11-9-6(2)8(10)12-15-9/h11H,4-5H2,1-3H3,(H2,10,12). The fraction of sp³-hybridized carbons (Fsp3) is 0.556. The summed E-state index contributed by atoms with van der Waals surface area (Å²) in [5, 5.41) is 3.90. The molecule has 6 heteroatoms. The van der Waals surface area contributed by atoms with Gasteiger partial charge in [0.05, 0.1) is 6.54 Å². The van der Waals surface area contributed by atoms with E-state index in [4.69, 9.17) is 5.73 Å². The maximum absolute atomic E-state index is 11.5. The lowest BCUT2D eigenvalue weighted by Crippen LogP contribution is -2.31. The first-order valence-corrected chi connectivity index (χ1v) is 5.53. The smallest absolute Gasteiger partial charge is 0.241 e. The minimum atomic E-state index is 0.0591. The first kappa shape index (κ1) is 11.8. The van der Waals surface area contributed by atoms with E-state index in [2.05, 4.69) is 9.69 Å². The average Bonchev–Trinajstić information content (AvgIpc) is 2.55. The zero-order valence-electron chi connectivity index (χ0n) is 9.20. The van der Waals surface area contributed by atoms with Gasteiger partial charge in [0.25, 0.3) is 0 Å². The van der Waals surface area contributed by atoms with Crippen LogP contribution in [-0.4, -0.2) is 35.3 Å². The minimum Gasteiger partial charge on any atom is -0.383 e. The maximum atomic E-state index is 11.5. The second-order valence-electron chi connectivity index (χ2n) is 3.28. The van der Waals surface area contributed by atoms with Crippen LogP contribution >= 0.6 is 11.5 Å². The number of nitrogen functional groups attached to an aromatic ring is 1. The Morgan fingerprint density at radius 3 is 2.80 bits per heavy atom. The van der Waals surface area contributed by atoms with E-state index in [0.29, 0.717) is 12.4 Å². The lowest BCUT2D eigenvalue weighted by Gasteiger charge is -2.14. The van der Waals surface area contributed by atoms with Crippen LogP contribution in [-0.2, 0) is 4.79 Å². The van der Waals surface area contributed by atoms with Crippen molar-refractivity contribution >= 4 is 28.3 Å². The summed E-state index contributed by atoms with van der Waals surface area (Å²) in [5.74, 6) is 0.586. The molecule has 0 atom stereocenters. The molecule has 0 spiro atoms. The number of rotatable bonds is 4. The van der Waals surface area contributed by atoms with Gasteiger partial charge in [-0.25, -0.2) is 0 Å². The molecule has 0 unspecified atom stereocenters. The van der Waals surface area contributed by atoms with Gasteiger partial charge in [-0.1, -0.05) is 0 Å². The molecule has 0 aliphatic rings. The van der Waals surface area contributed by atoms with Crippen LogP contribution in [0.2, 0.25) is 0 Å². The van der Waals surface area contributed by atoms with Gasteiger partial charge in [0.15, 0.2) is 0 Å². The molecule has 1 heterocycles. The second-order valence-corrected chi connectivity index (χ2v) is 4.06.